The number of ether oxygens (including phenoxy) is 1. The maximum atomic E-state index is 12.8. The van der Waals surface area contributed by atoms with Gasteiger partial charge in [0.2, 0.25) is 0 Å². The molecule has 0 fully saturated rings. The summed E-state index contributed by atoms with van der Waals surface area (Å²) < 4.78 is 43.8. The molecule has 0 aliphatic heterocycles. The number of aliphatic carboxylic acids is 1. The number of carboxylic acid groups (broad SMARTS) is 1. The number of carbonyl (C=O) groups is 2. The summed E-state index contributed by atoms with van der Waals surface area (Å²) in [5.41, 5.74) is 3.46. The first kappa shape index (κ1) is 22.4. The van der Waals surface area contributed by atoms with E-state index in [1.165, 1.54) is 0 Å². The lowest BCUT2D eigenvalue weighted by atomic mass is 9.98. The van der Waals surface area contributed by atoms with E-state index >= 15 is 0 Å². The molecule has 170 valence electrons. The summed E-state index contributed by atoms with van der Waals surface area (Å²) >= 11 is 0. The Morgan fingerprint density at radius 3 is 1.97 bits per heavy atom. The largest absolute Gasteiger partial charge is 0.550 e. The number of benzene rings is 3. The zero-order valence-corrected chi connectivity index (χ0v) is 17.3. The molecule has 3 aromatic rings. The summed E-state index contributed by atoms with van der Waals surface area (Å²) in [6.07, 6.45) is -6.01. The van der Waals surface area contributed by atoms with Gasteiger partial charge in [0, 0.05) is 18.3 Å². The number of carboxylic acids is 1. The summed E-state index contributed by atoms with van der Waals surface area (Å²) in [6.45, 7) is 0.0188. The van der Waals surface area contributed by atoms with Crippen molar-refractivity contribution in [1.82, 2.24) is 5.32 Å². The van der Waals surface area contributed by atoms with Gasteiger partial charge in [0.25, 0.3) is 0 Å². The molecule has 5 nitrogen and oxygen atoms in total. The SMILES string of the molecule is O=C([O-])C[C@@H](NC(=O)OCC1c2ccccc2-c2ccccc21)c1ccc(C(F)(F)F)cc1. The summed E-state index contributed by atoms with van der Waals surface area (Å²) in [5, 5.41) is 13.6. The van der Waals surface area contributed by atoms with E-state index in [2.05, 4.69) is 5.32 Å². The number of carbonyl (C=O) groups excluding carboxylic acids is 2. The molecule has 8 heteroatoms. The molecule has 0 spiro atoms. The van der Waals surface area contributed by atoms with Gasteiger partial charge in [-0.25, -0.2) is 4.79 Å². The van der Waals surface area contributed by atoms with Crippen molar-refractivity contribution in [3.63, 3.8) is 0 Å². The molecule has 0 radical (unpaired) electrons. The van der Waals surface area contributed by atoms with Crippen LogP contribution in [0.1, 0.15) is 40.6 Å². The van der Waals surface area contributed by atoms with Gasteiger partial charge < -0.3 is 20.0 Å². The maximum Gasteiger partial charge on any atom is 0.416 e. The van der Waals surface area contributed by atoms with Gasteiger partial charge in [-0.15, -0.1) is 0 Å². The van der Waals surface area contributed by atoms with Crippen LogP contribution in [0.2, 0.25) is 0 Å². The van der Waals surface area contributed by atoms with Gasteiger partial charge in [0.05, 0.1) is 11.6 Å². The van der Waals surface area contributed by atoms with Crippen LogP contribution in [0.15, 0.2) is 72.8 Å². The van der Waals surface area contributed by atoms with Crippen LogP contribution in [-0.2, 0) is 15.7 Å². The van der Waals surface area contributed by atoms with Gasteiger partial charge in [0.15, 0.2) is 0 Å². The molecule has 1 amide bonds. The molecular weight excluding hydrogens is 435 g/mol. The Hall–Kier alpha value is -3.81. The van der Waals surface area contributed by atoms with E-state index < -0.39 is 36.3 Å². The summed E-state index contributed by atoms with van der Waals surface area (Å²) in [7, 11) is 0. The molecule has 3 aromatic carbocycles. The third-order valence-electron chi connectivity index (χ3n) is 5.65. The molecule has 0 heterocycles. The summed E-state index contributed by atoms with van der Waals surface area (Å²) in [6, 6.07) is 18.4. The highest BCUT2D eigenvalue weighted by Gasteiger charge is 2.31. The van der Waals surface area contributed by atoms with E-state index in [0.29, 0.717) is 0 Å². The Kier molecular flexibility index (Phi) is 6.09. The number of hydrogen-bond acceptors (Lipinski definition) is 4. The minimum atomic E-state index is -4.53. The number of hydrogen-bond donors (Lipinski definition) is 1. The van der Waals surface area contributed by atoms with Crippen molar-refractivity contribution in [3.05, 3.63) is 95.1 Å². The standard InChI is InChI=1S/C25H20F3NO4/c26-25(27,28)16-11-9-15(10-12-16)22(13-23(30)31)29-24(32)33-14-21-19-7-3-1-5-17(19)18-6-2-4-8-20(18)21/h1-12,21-22H,13-14H2,(H,29,32)(H,30,31)/p-1/t22-/m1/s1. The number of fused-ring (bicyclic) bond motifs is 3. The van der Waals surface area contributed by atoms with E-state index in [1.54, 1.807) is 0 Å². The first-order valence-corrected chi connectivity index (χ1v) is 10.2. The molecule has 0 saturated carbocycles. The van der Waals surface area contributed by atoms with Crippen LogP contribution >= 0.6 is 0 Å². The van der Waals surface area contributed by atoms with Crippen molar-refractivity contribution >= 4 is 12.1 Å². The lowest BCUT2D eigenvalue weighted by Gasteiger charge is -2.21. The van der Waals surface area contributed by atoms with E-state index in [-0.39, 0.29) is 18.1 Å². The molecule has 0 saturated heterocycles. The van der Waals surface area contributed by atoms with Crippen LogP contribution in [0.5, 0.6) is 0 Å². The second kappa shape index (κ2) is 8.97. The average molecular weight is 454 g/mol. The van der Waals surface area contributed by atoms with Gasteiger partial charge in [-0.05, 0) is 39.9 Å². The molecule has 0 unspecified atom stereocenters. The van der Waals surface area contributed by atoms with Gasteiger partial charge in [-0.2, -0.15) is 13.2 Å². The predicted molar refractivity (Wildman–Crippen MR) is 112 cm³/mol. The number of halogens is 3. The summed E-state index contributed by atoms with van der Waals surface area (Å²) in [4.78, 5) is 23.6. The molecule has 1 atom stereocenters. The second-order valence-corrected chi connectivity index (χ2v) is 7.72. The van der Waals surface area contributed by atoms with Crippen molar-refractivity contribution in [1.29, 1.82) is 0 Å². The first-order chi connectivity index (χ1) is 15.7. The van der Waals surface area contributed by atoms with E-state index in [4.69, 9.17) is 4.74 Å². The summed E-state index contributed by atoms with van der Waals surface area (Å²) in [5.74, 6) is -1.65. The van der Waals surface area contributed by atoms with Crippen molar-refractivity contribution in [2.24, 2.45) is 0 Å². The Morgan fingerprint density at radius 1 is 0.909 bits per heavy atom. The molecular formula is C25H19F3NO4-. The molecule has 1 aliphatic rings. The van der Waals surface area contributed by atoms with E-state index in [1.807, 2.05) is 48.5 Å². The highest BCUT2D eigenvalue weighted by molar-refractivity contribution is 5.79. The fourth-order valence-electron chi connectivity index (χ4n) is 4.11. The lowest BCUT2D eigenvalue weighted by molar-refractivity contribution is -0.306. The van der Waals surface area contributed by atoms with Crippen LogP contribution in [0.4, 0.5) is 18.0 Å². The Morgan fingerprint density at radius 2 is 1.45 bits per heavy atom. The van der Waals surface area contributed by atoms with Crippen LogP contribution in [-0.4, -0.2) is 18.7 Å². The Bertz CT molecular complexity index is 1130. The van der Waals surface area contributed by atoms with E-state index in [0.717, 1.165) is 46.5 Å². The van der Waals surface area contributed by atoms with Crippen molar-refractivity contribution in [2.45, 2.75) is 24.6 Å². The van der Waals surface area contributed by atoms with E-state index in [9.17, 15) is 27.9 Å². The smallest absolute Gasteiger partial charge is 0.416 e. The molecule has 1 N–H and O–H groups in total. The third-order valence-corrected chi connectivity index (χ3v) is 5.65. The van der Waals surface area contributed by atoms with Crippen LogP contribution in [0, 0.1) is 0 Å². The zero-order chi connectivity index (χ0) is 23.6. The maximum absolute atomic E-state index is 12.8. The predicted octanol–water partition coefficient (Wildman–Crippen LogP) is 4.43. The quantitative estimate of drug-likeness (QED) is 0.598. The monoisotopic (exact) mass is 454 g/mol. The highest BCUT2D eigenvalue weighted by atomic mass is 19.4. The molecule has 4 rings (SSSR count). The topological polar surface area (TPSA) is 78.5 Å². The van der Waals surface area contributed by atoms with Crippen LogP contribution in [0.25, 0.3) is 11.1 Å². The Balaban J connectivity index is 1.47. The second-order valence-electron chi connectivity index (χ2n) is 7.72. The number of alkyl halides is 3. The zero-order valence-electron chi connectivity index (χ0n) is 17.3. The fraction of sp³-hybridized carbons (Fsp3) is 0.200. The van der Waals surface area contributed by atoms with Crippen LogP contribution < -0.4 is 10.4 Å². The van der Waals surface area contributed by atoms with Gasteiger partial charge in [-0.1, -0.05) is 60.7 Å². The van der Waals surface area contributed by atoms with Crippen LogP contribution in [0.3, 0.4) is 0 Å². The minimum Gasteiger partial charge on any atom is -0.550 e. The third kappa shape index (κ3) is 4.84. The normalized spacial score (nSPS) is 13.7. The molecule has 33 heavy (non-hydrogen) atoms. The van der Waals surface area contributed by atoms with Gasteiger partial charge >= 0.3 is 12.3 Å². The minimum absolute atomic E-state index is 0.0188. The van der Waals surface area contributed by atoms with Gasteiger partial charge in [0.1, 0.15) is 6.61 Å². The van der Waals surface area contributed by atoms with Crippen molar-refractivity contribution < 1.29 is 32.6 Å². The number of nitrogens with one attached hydrogen (secondary N) is 1. The molecule has 0 aromatic heterocycles. The van der Waals surface area contributed by atoms with Gasteiger partial charge in [-0.3, -0.25) is 0 Å². The first-order valence-electron chi connectivity index (χ1n) is 10.2. The number of amides is 1. The molecule has 1 aliphatic carbocycles. The van der Waals surface area contributed by atoms with Crippen molar-refractivity contribution in [2.75, 3.05) is 6.61 Å². The number of rotatable bonds is 6. The number of alkyl carbamates (subject to hydrolysis) is 1. The lowest BCUT2D eigenvalue weighted by Crippen LogP contribution is -2.35. The highest BCUT2D eigenvalue weighted by Crippen LogP contribution is 2.44. The average Bonchev–Trinajstić information content (AvgIpc) is 3.10. The fourth-order valence-corrected chi connectivity index (χ4v) is 4.11. The van der Waals surface area contributed by atoms with Crippen molar-refractivity contribution in [3.8, 4) is 11.1 Å². The molecule has 0 bridgehead atoms. The Labute approximate surface area is 187 Å².